The zero-order valence-electron chi connectivity index (χ0n) is 10.7. The molecule has 1 aromatic rings. The van der Waals surface area contributed by atoms with Crippen molar-refractivity contribution in [2.75, 3.05) is 30.3 Å². The van der Waals surface area contributed by atoms with Gasteiger partial charge in [0.25, 0.3) is 0 Å². The van der Waals surface area contributed by atoms with E-state index in [0.29, 0.717) is 11.3 Å². The summed E-state index contributed by atoms with van der Waals surface area (Å²) in [5.41, 5.74) is 7.90. The second-order valence-electron chi connectivity index (χ2n) is 4.58. The van der Waals surface area contributed by atoms with Crippen molar-refractivity contribution in [1.82, 2.24) is 0 Å². The molecule has 0 spiro atoms. The number of hydrogen-bond acceptors (Lipinski definition) is 4. The number of ether oxygens (including phenoxy) is 1. The van der Waals surface area contributed by atoms with Gasteiger partial charge in [-0.05, 0) is 31.0 Å². The first kappa shape index (κ1) is 12.7. The van der Waals surface area contributed by atoms with Gasteiger partial charge in [-0.2, -0.15) is 5.26 Å². The van der Waals surface area contributed by atoms with Crippen LogP contribution in [0.1, 0.15) is 25.3 Å². The normalized spacial score (nSPS) is 20.2. The van der Waals surface area contributed by atoms with Crippen LogP contribution in [0.5, 0.6) is 0 Å². The van der Waals surface area contributed by atoms with Crippen LogP contribution in [0.4, 0.5) is 11.4 Å². The van der Waals surface area contributed by atoms with E-state index in [1.165, 1.54) is 0 Å². The van der Waals surface area contributed by atoms with Crippen molar-refractivity contribution in [2.24, 2.45) is 0 Å². The lowest BCUT2D eigenvalue weighted by molar-refractivity contribution is 0.0664. The molecular formula is C14H19N3O. The summed E-state index contributed by atoms with van der Waals surface area (Å²) in [5.74, 6) is 0. The molecule has 1 unspecified atom stereocenters. The summed E-state index contributed by atoms with van der Waals surface area (Å²) < 4.78 is 5.75. The fourth-order valence-corrected chi connectivity index (χ4v) is 2.21. The molecule has 0 bridgehead atoms. The van der Waals surface area contributed by atoms with Crippen molar-refractivity contribution in [3.05, 3.63) is 23.8 Å². The van der Waals surface area contributed by atoms with E-state index in [9.17, 15) is 0 Å². The zero-order chi connectivity index (χ0) is 13.0. The summed E-state index contributed by atoms with van der Waals surface area (Å²) in [4.78, 5) is 2.28. The highest BCUT2D eigenvalue weighted by atomic mass is 16.5. The zero-order valence-corrected chi connectivity index (χ0v) is 10.7. The Kier molecular flexibility index (Phi) is 4.06. The van der Waals surface area contributed by atoms with Crippen molar-refractivity contribution < 1.29 is 4.74 Å². The lowest BCUT2D eigenvalue weighted by Crippen LogP contribution is -2.31. The summed E-state index contributed by atoms with van der Waals surface area (Å²) >= 11 is 0. The van der Waals surface area contributed by atoms with Crippen LogP contribution in [0.25, 0.3) is 0 Å². The van der Waals surface area contributed by atoms with Crippen LogP contribution >= 0.6 is 0 Å². The Balaban J connectivity index is 2.21. The summed E-state index contributed by atoms with van der Waals surface area (Å²) in [7, 11) is 0. The Morgan fingerprint density at radius 3 is 3.11 bits per heavy atom. The Morgan fingerprint density at radius 1 is 1.56 bits per heavy atom. The summed E-state index contributed by atoms with van der Waals surface area (Å²) in [6.45, 7) is 4.80. The van der Waals surface area contributed by atoms with Crippen LogP contribution < -0.4 is 10.6 Å². The molecular weight excluding hydrogens is 226 g/mol. The molecule has 18 heavy (non-hydrogen) atoms. The van der Waals surface area contributed by atoms with Gasteiger partial charge in [-0.3, -0.25) is 0 Å². The van der Waals surface area contributed by atoms with Crippen LogP contribution in [0, 0.1) is 11.3 Å². The highest BCUT2D eigenvalue weighted by molar-refractivity contribution is 5.62. The molecule has 0 aliphatic carbocycles. The minimum atomic E-state index is 0.274. The van der Waals surface area contributed by atoms with Crippen LogP contribution in [0.2, 0.25) is 0 Å². The minimum Gasteiger partial charge on any atom is -0.398 e. The summed E-state index contributed by atoms with van der Waals surface area (Å²) in [6.07, 6.45) is 2.30. The fraction of sp³-hybridized carbons (Fsp3) is 0.500. The van der Waals surface area contributed by atoms with Crippen LogP contribution in [0.3, 0.4) is 0 Å². The maximum atomic E-state index is 9.02. The van der Waals surface area contributed by atoms with Crippen LogP contribution in [0.15, 0.2) is 18.2 Å². The van der Waals surface area contributed by atoms with E-state index >= 15 is 0 Å². The Morgan fingerprint density at radius 2 is 2.39 bits per heavy atom. The molecule has 1 aromatic carbocycles. The second-order valence-corrected chi connectivity index (χ2v) is 4.58. The summed E-state index contributed by atoms with van der Waals surface area (Å²) in [5, 5.41) is 9.02. The van der Waals surface area contributed by atoms with Gasteiger partial charge in [0.1, 0.15) is 6.07 Å². The van der Waals surface area contributed by atoms with Crippen molar-refractivity contribution in [3.63, 3.8) is 0 Å². The minimum absolute atomic E-state index is 0.274. The second kappa shape index (κ2) is 5.74. The Bertz CT molecular complexity index is 453. The van der Waals surface area contributed by atoms with Gasteiger partial charge in [0, 0.05) is 31.1 Å². The fourth-order valence-electron chi connectivity index (χ4n) is 2.21. The number of benzene rings is 1. The molecule has 2 rings (SSSR count). The molecule has 0 aromatic heterocycles. The average Bonchev–Trinajstić information content (AvgIpc) is 2.64. The maximum Gasteiger partial charge on any atom is 0.101 e. The largest absolute Gasteiger partial charge is 0.398 e. The van der Waals surface area contributed by atoms with E-state index < -0.39 is 0 Å². The molecule has 1 atom stereocenters. The average molecular weight is 245 g/mol. The van der Waals surface area contributed by atoms with Gasteiger partial charge >= 0.3 is 0 Å². The molecule has 4 nitrogen and oxygen atoms in total. The molecule has 1 fully saturated rings. The molecule has 1 heterocycles. The van der Waals surface area contributed by atoms with E-state index in [4.69, 9.17) is 15.7 Å². The molecule has 0 radical (unpaired) electrons. The van der Waals surface area contributed by atoms with Gasteiger partial charge < -0.3 is 15.4 Å². The van der Waals surface area contributed by atoms with Crippen molar-refractivity contribution >= 4 is 11.4 Å². The number of nitrogens with two attached hydrogens (primary N) is 1. The molecule has 0 saturated carbocycles. The molecule has 1 aliphatic heterocycles. The van der Waals surface area contributed by atoms with Gasteiger partial charge in [0.05, 0.1) is 11.7 Å². The monoisotopic (exact) mass is 245 g/mol. The molecule has 1 aliphatic rings. The number of hydrogen-bond donors (Lipinski definition) is 1. The summed E-state index contributed by atoms with van der Waals surface area (Å²) in [6, 6.07) is 7.79. The predicted molar refractivity (Wildman–Crippen MR) is 72.4 cm³/mol. The van der Waals surface area contributed by atoms with E-state index in [1.807, 2.05) is 12.1 Å². The number of nitrogens with zero attached hydrogens (tertiary/aromatic N) is 2. The smallest absolute Gasteiger partial charge is 0.101 e. The van der Waals surface area contributed by atoms with Crippen LogP contribution in [-0.2, 0) is 4.74 Å². The predicted octanol–water partition coefficient (Wildman–Crippen LogP) is 2.15. The van der Waals surface area contributed by atoms with E-state index in [0.717, 1.165) is 38.2 Å². The first-order chi connectivity index (χ1) is 8.74. The van der Waals surface area contributed by atoms with E-state index in [-0.39, 0.29) is 6.10 Å². The Labute approximate surface area is 108 Å². The highest BCUT2D eigenvalue weighted by Crippen LogP contribution is 2.23. The first-order valence-electron chi connectivity index (χ1n) is 6.40. The van der Waals surface area contributed by atoms with Gasteiger partial charge in [-0.15, -0.1) is 0 Å². The van der Waals surface area contributed by atoms with E-state index in [2.05, 4.69) is 17.9 Å². The SMILES string of the molecule is CCC1CN(c2ccc(N)c(C#N)c2)CCCO1. The first-order valence-corrected chi connectivity index (χ1v) is 6.40. The number of nitrogen functional groups attached to an aromatic ring is 1. The van der Waals surface area contributed by atoms with Gasteiger partial charge in [0.2, 0.25) is 0 Å². The number of nitriles is 1. The van der Waals surface area contributed by atoms with Crippen LogP contribution in [-0.4, -0.2) is 25.8 Å². The molecule has 2 N–H and O–H groups in total. The van der Waals surface area contributed by atoms with Gasteiger partial charge in [0.15, 0.2) is 0 Å². The Hall–Kier alpha value is -1.73. The quantitative estimate of drug-likeness (QED) is 0.811. The van der Waals surface area contributed by atoms with Gasteiger partial charge in [-0.25, -0.2) is 0 Å². The third-order valence-electron chi connectivity index (χ3n) is 3.33. The third kappa shape index (κ3) is 2.74. The van der Waals surface area contributed by atoms with Crippen molar-refractivity contribution in [1.29, 1.82) is 5.26 Å². The third-order valence-corrected chi connectivity index (χ3v) is 3.33. The topological polar surface area (TPSA) is 62.3 Å². The standard InChI is InChI=1S/C14H19N3O/c1-2-13-10-17(6-3-7-18-13)12-4-5-14(16)11(8-12)9-15/h4-5,8,13H,2-3,6-7,10,16H2,1H3. The molecule has 1 saturated heterocycles. The maximum absolute atomic E-state index is 9.02. The molecule has 0 amide bonds. The van der Waals surface area contributed by atoms with Gasteiger partial charge in [-0.1, -0.05) is 6.92 Å². The lowest BCUT2D eigenvalue weighted by Gasteiger charge is -2.25. The van der Waals surface area contributed by atoms with Crippen molar-refractivity contribution in [3.8, 4) is 6.07 Å². The number of rotatable bonds is 2. The molecule has 4 heteroatoms. The van der Waals surface area contributed by atoms with E-state index in [1.54, 1.807) is 6.07 Å². The highest BCUT2D eigenvalue weighted by Gasteiger charge is 2.18. The lowest BCUT2D eigenvalue weighted by atomic mass is 10.1. The molecule has 96 valence electrons. The van der Waals surface area contributed by atoms with Crippen molar-refractivity contribution in [2.45, 2.75) is 25.9 Å². The number of anilines is 2.